The molecule has 0 radical (unpaired) electrons. The highest BCUT2D eigenvalue weighted by atomic mass is 16.8. The average Bonchev–Trinajstić information content (AvgIpc) is 3.51. The van der Waals surface area contributed by atoms with Crippen LogP contribution in [0.25, 0.3) is 0 Å². The molecule has 21 aliphatic rings. The highest BCUT2D eigenvalue weighted by molar-refractivity contribution is 5.02. The predicted octanol–water partition coefficient (Wildman–Crippen LogP) is -16.1. The van der Waals surface area contributed by atoms with Crippen molar-refractivity contribution in [2.45, 2.75) is 215 Å². The molecule has 21 rings (SSSR count). The first kappa shape index (κ1) is 64.1. The fraction of sp³-hybridized carbons (Fsp3) is 1.00. The van der Waals surface area contributed by atoms with E-state index in [1.807, 2.05) is 0 Å². The molecule has 0 aromatic rings. The number of ether oxygens (including phenoxy) is 14. The van der Waals surface area contributed by atoms with Gasteiger partial charge in [0.2, 0.25) is 0 Å². The van der Waals surface area contributed by atoms with Crippen LogP contribution in [-0.2, 0) is 66.3 Å². The first-order chi connectivity index (χ1) is 36.7. The van der Waals surface area contributed by atoms with Crippen LogP contribution in [0.4, 0.5) is 0 Å². The monoisotopic (exact) mass is 1150 g/mol. The fourth-order valence-corrected chi connectivity index (χ4v) is 10.5. The van der Waals surface area contributed by atoms with Gasteiger partial charge in [0.15, 0.2) is 44.0 Å². The Morgan fingerprint density at radius 2 is 0.346 bits per heavy atom. The molecule has 78 heavy (non-hydrogen) atoms. The molecule has 456 valence electrons. The molecule has 35 atom stereocenters. The van der Waals surface area contributed by atoms with E-state index in [9.17, 15) is 102 Å². The van der Waals surface area contributed by atoms with Gasteiger partial charge < -0.3 is 180 Å². The van der Waals surface area contributed by atoms with E-state index >= 15 is 0 Å². The van der Waals surface area contributed by atoms with Crippen LogP contribution >= 0.6 is 0 Å². The smallest absolute Gasteiger partial charge is 0.187 e. The Balaban J connectivity index is 0.00000882. The predicted molar refractivity (Wildman–Crippen MR) is 234 cm³/mol. The average molecular weight is 1150 g/mol. The van der Waals surface area contributed by atoms with Crippen molar-refractivity contribution in [3.8, 4) is 0 Å². The number of hydrogen-bond acceptors (Lipinski definition) is 35. The lowest BCUT2D eigenvalue weighted by atomic mass is 9.94. The first-order valence-corrected chi connectivity index (χ1v) is 24.7. The SMILES string of the molecule is N[C@H]1[C@H](O)[C@H]2O[C@H]3[C@H](O)[C@@H](O)[C@@H](O[C@H]4[C@H](O)[C@@H](O)[C@@H](O[C@H]5[C@H](O)[C@@H](O)[C@@H](O[C@H]6[C@H](O)[C@@H](O)[C@@H](O[C@H]7[C@H](O)[C@@H](O)[C@@H](O[C@H]8[C@H](O)[C@@H](O)[C@@H](O[C@@H]1[C@@H](CO)O2)O[C@@H]8CO)O[C@@H]7CO)O[C@@H]6CO)O[C@@H]5CO)O[C@@H]4CO)O[C@@H]3CO.O. The summed E-state index contributed by atoms with van der Waals surface area (Å²) in [6, 6.07) is -1.67. The topological polar surface area (TPSA) is 591 Å². The number of rotatable bonds is 7. The van der Waals surface area contributed by atoms with Crippen LogP contribution in [0.1, 0.15) is 0 Å². The van der Waals surface area contributed by atoms with E-state index in [-0.39, 0.29) is 5.48 Å². The van der Waals surface area contributed by atoms with Gasteiger partial charge in [0.05, 0.1) is 52.3 Å². The van der Waals surface area contributed by atoms with E-state index in [0.717, 1.165) is 0 Å². The van der Waals surface area contributed by atoms with Crippen molar-refractivity contribution in [3.05, 3.63) is 0 Å². The summed E-state index contributed by atoms with van der Waals surface area (Å²) in [6.07, 6.45) is -66.7. The summed E-state index contributed by atoms with van der Waals surface area (Å²) in [5.74, 6) is 0. The summed E-state index contributed by atoms with van der Waals surface area (Å²) < 4.78 is 79.9. The first-order valence-electron chi connectivity index (χ1n) is 24.7. The second-order valence-electron chi connectivity index (χ2n) is 19.7. The molecule has 24 N–H and O–H groups in total. The third-order valence-electron chi connectivity index (χ3n) is 14.9. The molecular formula is C42H73NO35. The van der Waals surface area contributed by atoms with E-state index < -0.39 is 261 Å². The molecular weight excluding hydrogens is 1080 g/mol. The molecule has 0 aromatic carbocycles. The van der Waals surface area contributed by atoms with Crippen LogP contribution in [0.15, 0.2) is 0 Å². The van der Waals surface area contributed by atoms with Gasteiger partial charge in [0, 0.05) is 0 Å². The Morgan fingerprint density at radius 3 is 0.513 bits per heavy atom. The van der Waals surface area contributed by atoms with E-state index in [4.69, 9.17) is 72.0 Å². The minimum atomic E-state index is -2.20. The maximum absolute atomic E-state index is 11.4. The minimum Gasteiger partial charge on any atom is -0.412 e. The van der Waals surface area contributed by atoms with Gasteiger partial charge in [-0.1, -0.05) is 0 Å². The van der Waals surface area contributed by atoms with Crippen molar-refractivity contribution in [1.82, 2.24) is 0 Å². The standard InChI is InChI=1S/C42H71NO34.H2O/c43-15-16(51)36-64-8(1-44)29(15)71-37-23(58)17(52)31(10(3-46)65-37)73-39-25(60)19(54)33(12(5-48)67-39)75-41-27(62)21(56)35(14(7-50)69-41)77-42-28(63)22(57)34(13(6-49)70-42)76-40-26(61)20(55)32(11(4-47)68-40)74-38-24(59)18(53)30(72-36)9(2-45)66-38;/h8-42,44-63H,1-7,43H2;1H2/t8-,9-,10-,11-,12-,13-,14-,15+,16+,17-,18-,19-,20-,21-,22-,23-,24-,25-,26-,27-,28-,29-,30-,31-,32-,33-,34-,35-,36-,37-,38-,39-,40-,41-,42-;/m1./s1. The third-order valence-corrected chi connectivity index (χ3v) is 14.9. The number of hydrogen-bond donors (Lipinski definition) is 21. The lowest BCUT2D eigenvalue weighted by Gasteiger charge is -2.50. The van der Waals surface area contributed by atoms with Crippen LogP contribution in [0.3, 0.4) is 0 Å². The fourth-order valence-electron chi connectivity index (χ4n) is 10.5. The van der Waals surface area contributed by atoms with Crippen molar-refractivity contribution in [3.63, 3.8) is 0 Å². The molecule has 0 saturated carbocycles. The maximum atomic E-state index is 11.4. The molecule has 0 aliphatic carbocycles. The van der Waals surface area contributed by atoms with E-state index in [1.54, 1.807) is 0 Å². The maximum Gasteiger partial charge on any atom is 0.187 e. The van der Waals surface area contributed by atoms with Gasteiger partial charge in [0.25, 0.3) is 0 Å². The second kappa shape index (κ2) is 27.1. The molecule has 21 aliphatic heterocycles. The molecule has 21 saturated heterocycles. The van der Waals surface area contributed by atoms with Crippen LogP contribution in [0.5, 0.6) is 0 Å². The van der Waals surface area contributed by atoms with Crippen LogP contribution < -0.4 is 5.73 Å². The van der Waals surface area contributed by atoms with Crippen molar-refractivity contribution in [2.24, 2.45) is 5.73 Å². The number of aliphatic hydroxyl groups is 20. The molecule has 0 spiro atoms. The summed E-state index contributed by atoms with van der Waals surface area (Å²) in [6.45, 7) is -7.15. The molecule has 14 bridgehead atoms. The highest BCUT2D eigenvalue weighted by Gasteiger charge is 2.59. The lowest BCUT2D eigenvalue weighted by molar-refractivity contribution is -0.396. The molecule has 0 aromatic heterocycles. The Bertz CT molecular complexity index is 1470. The van der Waals surface area contributed by atoms with E-state index in [0.29, 0.717) is 0 Å². The van der Waals surface area contributed by atoms with Gasteiger partial charge in [-0.25, -0.2) is 0 Å². The molecule has 36 heteroatoms. The van der Waals surface area contributed by atoms with Gasteiger partial charge >= 0.3 is 0 Å². The zero-order chi connectivity index (χ0) is 56.1. The second-order valence-corrected chi connectivity index (χ2v) is 19.7. The van der Waals surface area contributed by atoms with Crippen LogP contribution in [0, 0.1) is 0 Å². The third kappa shape index (κ3) is 12.4. The Labute approximate surface area is 440 Å². The van der Waals surface area contributed by atoms with Crippen molar-refractivity contribution in [1.29, 1.82) is 0 Å². The quantitative estimate of drug-likeness (QED) is 0.113. The Kier molecular flexibility index (Phi) is 22.3. The normalized spacial score (nSPS) is 54.7. The largest absolute Gasteiger partial charge is 0.412 e. The van der Waals surface area contributed by atoms with Crippen molar-refractivity contribution < 1.29 is 174 Å². The van der Waals surface area contributed by atoms with E-state index in [1.165, 1.54) is 0 Å². The summed E-state index contributed by atoms with van der Waals surface area (Å²) >= 11 is 0. The molecule has 0 unspecified atom stereocenters. The van der Waals surface area contributed by atoms with Gasteiger partial charge in [-0.2, -0.15) is 0 Å². The van der Waals surface area contributed by atoms with E-state index in [2.05, 4.69) is 0 Å². The lowest BCUT2D eigenvalue weighted by Crippen LogP contribution is -2.69. The van der Waals surface area contributed by atoms with Gasteiger partial charge in [-0.15, -0.1) is 0 Å². The molecule has 36 nitrogen and oxygen atoms in total. The zero-order valence-electron chi connectivity index (χ0n) is 40.9. The number of nitrogens with two attached hydrogens (primary N) is 1. The summed E-state index contributed by atoms with van der Waals surface area (Å²) in [7, 11) is 0. The van der Waals surface area contributed by atoms with Crippen molar-refractivity contribution >= 4 is 0 Å². The molecule has 21 heterocycles. The van der Waals surface area contributed by atoms with Crippen LogP contribution in [-0.4, -0.2) is 369 Å². The number of aliphatic hydroxyl groups excluding tert-OH is 20. The summed E-state index contributed by atoms with van der Waals surface area (Å²) in [4.78, 5) is 0. The van der Waals surface area contributed by atoms with Crippen LogP contribution in [0.2, 0.25) is 0 Å². The minimum absolute atomic E-state index is 0. The van der Waals surface area contributed by atoms with Gasteiger partial charge in [0.1, 0.15) is 165 Å². The van der Waals surface area contributed by atoms with Crippen molar-refractivity contribution in [2.75, 3.05) is 46.2 Å². The Morgan fingerprint density at radius 1 is 0.205 bits per heavy atom. The highest BCUT2D eigenvalue weighted by Crippen LogP contribution is 2.38. The Hall–Kier alpha value is -1.44. The van der Waals surface area contributed by atoms with Gasteiger partial charge in [-0.3, -0.25) is 0 Å². The summed E-state index contributed by atoms with van der Waals surface area (Å²) in [5.41, 5.74) is 6.35. The summed E-state index contributed by atoms with van der Waals surface area (Å²) in [5, 5.41) is 219. The zero-order valence-corrected chi connectivity index (χ0v) is 40.9. The van der Waals surface area contributed by atoms with Gasteiger partial charge in [-0.05, 0) is 0 Å². The molecule has 21 fully saturated rings. The molecule has 0 amide bonds.